The van der Waals surface area contributed by atoms with Gasteiger partial charge in [-0.05, 0) is 37.1 Å². The number of rotatable bonds is 6. The van der Waals surface area contributed by atoms with E-state index in [-0.39, 0.29) is 13.2 Å². The molecule has 0 atom stereocenters. The van der Waals surface area contributed by atoms with Crippen LogP contribution in [0.4, 0.5) is 13.2 Å². The maximum atomic E-state index is 11.9. The van der Waals surface area contributed by atoms with E-state index in [9.17, 15) is 13.2 Å². The van der Waals surface area contributed by atoms with E-state index in [4.69, 9.17) is 9.47 Å². The summed E-state index contributed by atoms with van der Waals surface area (Å²) in [5, 5.41) is 3.12. The van der Waals surface area contributed by atoms with Gasteiger partial charge in [-0.15, -0.1) is 0 Å². The molecule has 1 aliphatic rings. The zero-order valence-corrected chi connectivity index (χ0v) is 10.4. The molecule has 0 saturated carbocycles. The van der Waals surface area contributed by atoms with Gasteiger partial charge in [0.1, 0.15) is 0 Å². The minimum absolute atomic E-state index is 0.164. The smallest absolute Gasteiger partial charge is 0.389 e. The molecule has 0 fully saturated rings. The Morgan fingerprint density at radius 3 is 2.68 bits per heavy atom. The number of hydrogen-bond acceptors (Lipinski definition) is 3. The molecule has 0 saturated heterocycles. The molecule has 3 nitrogen and oxygen atoms in total. The zero-order chi connectivity index (χ0) is 13.7. The van der Waals surface area contributed by atoms with Crippen molar-refractivity contribution in [1.82, 2.24) is 5.32 Å². The zero-order valence-electron chi connectivity index (χ0n) is 10.4. The highest BCUT2D eigenvalue weighted by Crippen LogP contribution is 2.32. The molecule has 106 valence electrons. The van der Waals surface area contributed by atoms with Crippen molar-refractivity contribution in [3.8, 4) is 11.5 Å². The molecule has 0 spiro atoms. The topological polar surface area (TPSA) is 30.5 Å². The second-order valence-corrected chi connectivity index (χ2v) is 4.44. The fourth-order valence-corrected chi connectivity index (χ4v) is 1.86. The molecule has 1 heterocycles. The van der Waals surface area contributed by atoms with Crippen LogP contribution in [0.5, 0.6) is 11.5 Å². The van der Waals surface area contributed by atoms with Crippen LogP contribution in [0.1, 0.15) is 24.8 Å². The van der Waals surface area contributed by atoms with Gasteiger partial charge in [-0.3, -0.25) is 0 Å². The van der Waals surface area contributed by atoms with Gasteiger partial charge in [-0.2, -0.15) is 13.2 Å². The van der Waals surface area contributed by atoms with E-state index in [1.54, 1.807) is 0 Å². The molecule has 1 N–H and O–H groups in total. The van der Waals surface area contributed by atoms with Crippen LogP contribution in [-0.2, 0) is 6.54 Å². The van der Waals surface area contributed by atoms with Gasteiger partial charge in [0, 0.05) is 13.0 Å². The van der Waals surface area contributed by atoms with E-state index in [0.717, 1.165) is 17.1 Å². The summed E-state index contributed by atoms with van der Waals surface area (Å²) in [4.78, 5) is 0. The van der Waals surface area contributed by atoms with Gasteiger partial charge in [0.2, 0.25) is 6.79 Å². The summed E-state index contributed by atoms with van der Waals surface area (Å²) in [5.41, 5.74) is 1.03. The summed E-state index contributed by atoms with van der Waals surface area (Å²) in [6.45, 7) is 1.43. The highest BCUT2D eigenvalue weighted by atomic mass is 19.4. The Bertz CT molecular complexity index is 421. The molecule has 0 bridgehead atoms. The monoisotopic (exact) mass is 275 g/mol. The van der Waals surface area contributed by atoms with Crippen molar-refractivity contribution >= 4 is 0 Å². The van der Waals surface area contributed by atoms with Gasteiger partial charge in [0.05, 0.1) is 0 Å². The van der Waals surface area contributed by atoms with Gasteiger partial charge in [-0.1, -0.05) is 6.07 Å². The van der Waals surface area contributed by atoms with Crippen molar-refractivity contribution in [2.45, 2.75) is 32.0 Å². The van der Waals surface area contributed by atoms with Crippen molar-refractivity contribution in [1.29, 1.82) is 0 Å². The molecule has 2 rings (SSSR count). The number of ether oxygens (including phenoxy) is 2. The van der Waals surface area contributed by atoms with Crippen LogP contribution < -0.4 is 14.8 Å². The molecule has 1 aromatic rings. The van der Waals surface area contributed by atoms with Crippen molar-refractivity contribution in [3.63, 3.8) is 0 Å². The highest BCUT2D eigenvalue weighted by molar-refractivity contribution is 5.44. The largest absolute Gasteiger partial charge is 0.454 e. The SMILES string of the molecule is FC(F)(F)CCCCNCc1ccc2c(c1)OCO2. The molecule has 0 unspecified atom stereocenters. The van der Waals surface area contributed by atoms with Crippen LogP contribution in [0.3, 0.4) is 0 Å². The third kappa shape index (κ3) is 4.63. The molecule has 19 heavy (non-hydrogen) atoms. The van der Waals surface area contributed by atoms with E-state index >= 15 is 0 Å². The molecule has 0 radical (unpaired) electrons. The lowest BCUT2D eigenvalue weighted by Crippen LogP contribution is -2.15. The lowest BCUT2D eigenvalue weighted by atomic mass is 10.2. The predicted octanol–water partition coefficient (Wildman–Crippen LogP) is 3.24. The number of fused-ring (bicyclic) bond motifs is 1. The number of alkyl halides is 3. The number of benzene rings is 1. The van der Waals surface area contributed by atoms with E-state index in [1.165, 1.54) is 0 Å². The molecule has 1 aromatic carbocycles. The summed E-state index contributed by atoms with van der Waals surface area (Å²) in [5.74, 6) is 1.45. The first-order valence-electron chi connectivity index (χ1n) is 6.20. The van der Waals surface area contributed by atoms with Crippen molar-refractivity contribution in [2.24, 2.45) is 0 Å². The minimum Gasteiger partial charge on any atom is -0.454 e. The Morgan fingerprint density at radius 1 is 1.11 bits per heavy atom. The Labute approximate surface area is 109 Å². The molecular weight excluding hydrogens is 259 g/mol. The van der Waals surface area contributed by atoms with Gasteiger partial charge in [-0.25, -0.2) is 0 Å². The summed E-state index contributed by atoms with van der Waals surface area (Å²) < 4.78 is 46.2. The molecule has 0 aliphatic carbocycles. The first-order valence-corrected chi connectivity index (χ1v) is 6.20. The quantitative estimate of drug-likeness (QED) is 0.808. The third-order valence-electron chi connectivity index (χ3n) is 2.83. The average Bonchev–Trinajstić information content (AvgIpc) is 2.79. The van der Waals surface area contributed by atoms with Gasteiger partial charge < -0.3 is 14.8 Å². The number of halogens is 3. The van der Waals surface area contributed by atoms with Crippen LogP contribution in [-0.4, -0.2) is 19.5 Å². The number of unbranched alkanes of at least 4 members (excludes halogenated alkanes) is 1. The Kier molecular flexibility index (Phi) is 4.52. The second-order valence-electron chi connectivity index (χ2n) is 4.44. The summed E-state index contributed by atoms with van der Waals surface area (Å²) in [6.07, 6.45) is -4.07. The molecule has 0 aromatic heterocycles. The van der Waals surface area contributed by atoms with Crippen LogP contribution in [0.2, 0.25) is 0 Å². The lowest BCUT2D eigenvalue weighted by Gasteiger charge is -2.07. The standard InChI is InChI=1S/C13H16F3NO2/c14-13(15,16)5-1-2-6-17-8-10-3-4-11-12(7-10)19-9-18-11/h3-4,7,17H,1-2,5-6,8-9H2. The fourth-order valence-electron chi connectivity index (χ4n) is 1.86. The van der Waals surface area contributed by atoms with Crippen LogP contribution in [0.25, 0.3) is 0 Å². The Balaban J connectivity index is 1.63. The maximum Gasteiger partial charge on any atom is 0.389 e. The fraction of sp³-hybridized carbons (Fsp3) is 0.538. The van der Waals surface area contributed by atoms with Gasteiger partial charge in [0.15, 0.2) is 11.5 Å². The van der Waals surface area contributed by atoms with Crippen molar-refractivity contribution in [3.05, 3.63) is 23.8 Å². The first kappa shape index (κ1) is 14.0. The molecule has 6 heteroatoms. The molecule has 0 amide bonds. The normalized spacial score (nSPS) is 13.8. The first-order chi connectivity index (χ1) is 9.04. The van der Waals surface area contributed by atoms with Gasteiger partial charge in [0.25, 0.3) is 0 Å². The average molecular weight is 275 g/mol. The molecule has 1 aliphatic heterocycles. The predicted molar refractivity (Wildman–Crippen MR) is 64.2 cm³/mol. The number of hydrogen-bond donors (Lipinski definition) is 1. The van der Waals surface area contributed by atoms with E-state index in [1.807, 2.05) is 18.2 Å². The van der Waals surface area contributed by atoms with Crippen LogP contribution in [0.15, 0.2) is 18.2 Å². The molecular formula is C13H16F3NO2. The maximum absolute atomic E-state index is 11.9. The van der Waals surface area contributed by atoms with Crippen LogP contribution >= 0.6 is 0 Å². The van der Waals surface area contributed by atoms with E-state index in [2.05, 4.69) is 5.32 Å². The highest BCUT2D eigenvalue weighted by Gasteiger charge is 2.25. The summed E-state index contributed by atoms with van der Waals surface area (Å²) in [6, 6.07) is 5.63. The van der Waals surface area contributed by atoms with Gasteiger partial charge >= 0.3 is 6.18 Å². The summed E-state index contributed by atoms with van der Waals surface area (Å²) in [7, 11) is 0. The lowest BCUT2D eigenvalue weighted by molar-refractivity contribution is -0.135. The Hall–Kier alpha value is -1.43. The van der Waals surface area contributed by atoms with Crippen LogP contribution in [0, 0.1) is 0 Å². The minimum atomic E-state index is -4.04. The van der Waals surface area contributed by atoms with E-state index < -0.39 is 12.6 Å². The van der Waals surface area contributed by atoms with Crippen molar-refractivity contribution < 1.29 is 22.6 Å². The number of nitrogens with one attached hydrogen (secondary N) is 1. The summed E-state index contributed by atoms with van der Waals surface area (Å²) >= 11 is 0. The van der Waals surface area contributed by atoms with Crippen molar-refractivity contribution in [2.75, 3.05) is 13.3 Å². The third-order valence-corrected chi connectivity index (χ3v) is 2.83. The van der Waals surface area contributed by atoms with E-state index in [0.29, 0.717) is 19.5 Å². The second kappa shape index (κ2) is 6.14. The Morgan fingerprint density at radius 2 is 1.89 bits per heavy atom.